The Labute approximate surface area is 141 Å². The summed E-state index contributed by atoms with van der Waals surface area (Å²) in [5, 5.41) is 8.84. The number of carboxylic acids is 1. The van der Waals surface area contributed by atoms with Crippen LogP contribution in [0.2, 0.25) is 0 Å². The molecule has 0 aliphatic rings. The maximum atomic E-state index is 10.8. The number of aliphatic carboxylic acids is 1. The Morgan fingerprint density at radius 2 is 1.86 bits per heavy atom. The molecule has 0 amide bonds. The molecule has 2 aromatic carbocycles. The van der Waals surface area contributed by atoms with Crippen molar-refractivity contribution in [3.63, 3.8) is 0 Å². The molecule has 3 nitrogen and oxygen atoms in total. The Hall–Kier alpha value is -1.00. The van der Waals surface area contributed by atoms with Crippen LogP contribution in [-0.2, 0) is 27.6 Å². The zero-order valence-electron chi connectivity index (χ0n) is 12.2. The molecule has 0 aromatic heterocycles. The van der Waals surface area contributed by atoms with E-state index in [0.29, 0.717) is 0 Å². The molecule has 0 saturated carbocycles. The van der Waals surface area contributed by atoms with Crippen LogP contribution in [0.15, 0.2) is 54.6 Å². The fraction of sp³-hybridized carbons (Fsp3) is 0.312. The standard InChI is InChI=1S/C11H16NO2S.C5H5.Fe/c1-11(2,9(12)10(13)14)15-7-8-5-3-4-6-8;1-2-4-5-3-1;/h3-6,9H,7,12H2,1-2H3,(H,13,14);1-5H;/q-5;-1;. The van der Waals surface area contributed by atoms with Gasteiger partial charge in [0.2, 0.25) is 0 Å². The number of carboxylic acid groups (broad SMARTS) is 1. The smallest absolute Gasteiger partial charge is 0.321 e. The van der Waals surface area contributed by atoms with E-state index in [-0.39, 0.29) is 17.1 Å². The van der Waals surface area contributed by atoms with Gasteiger partial charge in [-0.15, -0.1) is 0 Å². The zero-order chi connectivity index (χ0) is 15.0. The van der Waals surface area contributed by atoms with E-state index >= 15 is 0 Å². The van der Waals surface area contributed by atoms with E-state index < -0.39 is 16.8 Å². The van der Waals surface area contributed by atoms with Crippen molar-refractivity contribution in [2.45, 2.75) is 30.4 Å². The minimum absolute atomic E-state index is 0. The van der Waals surface area contributed by atoms with E-state index in [0.717, 1.165) is 5.75 Å². The molecule has 2 rings (SSSR count). The first-order valence-corrected chi connectivity index (χ1v) is 7.41. The third-order valence-electron chi connectivity index (χ3n) is 2.91. The monoisotopic (exact) mass is 347 g/mol. The summed E-state index contributed by atoms with van der Waals surface area (Å²) in [6, 6.07) is 17.2. The molecule has 0 radical (unpaired) electrons. The average Bonchev–Trinajstić information content (AvgIpc) is 3.10. The molecule has 0 heterocycles. The summed E-state index contributed by atoms with van der Waals surface area (Å²) in [5.41, 5.74) is 6.81. The largest absolute Gasteiger partial charge is 0.748 e. The van der Waals surface area contributed by atoms with Gasteiger partial charge in [0.25, 0.3) is 0 Å². The van der Waals surface area contributed by atoms with Gasteiger partial charge in [0.15, 0.2) is 0 Å². The maximum Gasteiger partial charge on any atom is 0.321 e. The van der Waals surface area contributed by atoms with Crippen molar-refractivity contribution < 1.29 is 27.0 Å². The maximum absolute atomic E-state index is 10.8. The Bertz CT molecular complexity index is 463. The summed E-state index contributed by atoms with van der Waals surface area (Å²) in [5.74, 6) is -0.156. The summed E-state index contributed by atoms with van der Waals surface area (Å²) >= 11 is 1.57. The van der Waals surface area contributed by atoms with Crippen molar-refractivity contribution in [1.29, 1.82) is 0 Å². The molecule has 21 heavy (non-hydrogen) atoms. The molecule has 5 heteroatoms. The van der Waals surface area contributed by atoms with E-state index in [1.54, 1.807) is 11.8 Å². The van der Waals surface area contributed by atoms with E-state index in [2.05, 4.69) is 0 Å². The fourth-order valence-corrected chi connectivity index (χ4v) is 2.50. The van der Waals surface area contributed by atoms with Crippen molar-refractivity contribution in [1.82, 2.24) is 0 Å². The quantitative estimate of drug-likeness (QED) is 0.644. The van der Waals surface area contributed by atoms with Gasteiger partial charge in [-0.2, -0.15) is 35.7 Å². The molecular formula is C16H21FeNO2S-6. The predicted molar refractivity (Wildman–Crippen MR) is 85.1 cm³/mol. The van der Waals surface area contributed by atoms with Crippen LogP contribution >= 0.6 is 11.8 Å². The third kappa shape index (κ3) is 7.53. The van der Waals surface area contributed by atoms with E-state index in [9.17, 15) is 4.79 Å². The number of rotatable bonds is 5. The molecule has 122 valence electrons. The van der Waals surface area contributed by atoms with Crippen molar-refractivity contribution in [2.24, 2.45) is 5.73 Å². The second-order valence-electron chi connectivity index (χ2n) is 4.96. The van der Waals surface area contributed by atoms with Crippen LogP contribution in [0.4, 0.5) is 0 Å². The van der Waals surface area contributed by atoms with Crippen LogP contribution in [0.25, 0.3) is 0 Å². The minimum atomic E-state index is -0.949. The van der Waals surface area contributed by atoms with Gasteiger partial charge >= 0.3 is 5.97 Å². The first-order valence-electron chi connectivity index (χ1n) is 6.43. The Morgan fingerprint density at radius 3 is 2.24 bits per heavy atom. The van der Waals surface area contributed by atoms with Gasteiger partial charge in [0.05, 0.1) is 0 Å². The van der Waals surface area contributed by atoms with Gasteiger partial charge in [-0.3, -0.25) is 4.79 Å². The zero-order valence-corrected chi connectivity index (χ0v) is 14.1. The summed E-state index contributed by atoms with van der Waals surface area (Å²) in [6.07, 6.45) is 0. The topological polar surface area (TPSA) is 63.3 Å². The molecule has 2 aromatic rings. The SMILES string of the molecule is CC(C)(SC[c-]1[cH-][cH-][cH-][cH-]1)C(N)C(=O)O.[Fe].c1cc[cH-]c1. The summed E-state index contributed by atoms with van der Waals surface area (Å²) in [4.78, 5) is 10.8. The first-order chi connectivity index (χ1) is 9.43. The number of carbonyl (C=O) groups is 1. The van der Waals surface area contributed by atoms with Crippen LogP contribution in [0.1, 0.15) is 19.4 Å². The molecule has 0 aliphatic carbocycles. The molecule has 0 fully saturated rings. The van der Waals surface area contributed by atoms with Crippen LogP contribution in [0.3, 0.4) is 0 Å². The van der Waals surface area contributed by atoms with Crippen LogP contribution in [-0.4, -0.2) is 21.9 Å². The number of thioether (sulfide) groups is 1. The fourth-order valence-electron chi connectivity index (χ4n) is 1.49. The average molecular weight is 347 g/mol. The van der Waals surface area contributed by atoms with E-state index in [1.807, 2.05) is 68.4 Å². The molecule has 0 aliphatic heterocycles. The predicted octanol–water partition coefficient (Wildman–Crippen LogP) is 3.23. The number of nitrogens with two attached hydrogens (primary N) is 1. The first kappa shape index (κ1) is 20.0. The van der Waals surface area contributed by atoms with Crippen molar-refractivity contribution >= 4 is 17.7 Å². The second kappa shape index (κ2) is 9.85. The molecular weight excluding hydrogens is 326 g/mol. The molecule has 1 unspecified atom stereocenters. The van der Waals surface area contributed by atoms with Crippen molar-refractivity contribution in [3.8, 4) is 0 Å². The summed E-state index contributed by atoms with van der Waals surface area (Å²) in [6.45, 7) is 3.72. The summed E-state index contributed by atoms with van der Waals surface area (Å²) < 4.78 is -0.455. The molecule has 0 spiro atoms. The molecule has 3 N–H and O–H groups in total. The minimum Gasteiger partial charge on any atom is -0.748 e. The Balaban J connectivity index is 0.000000562. The number of hydrogen-bond acceptors (Lipinski definition) is 3. The number of hydrogen-bond donors (Lipinski definition) is 2. The van der Waals surface area contributed by atoms with Crippen molar-refractivity contribution in [3.05, 3.63) is 60.2 Å². The second-order valence-corrected chi connectivity index (χ2v) is 6.59. The van der Waals surface area contributed by atoms with Gasteiger partial charge in [-0.05, 0) is 13.8 Å². The van der Waals surface area contributed by atoms with Gasteiger partial charge in [0, 0.05) is 21.8 Å². The normalized spacial score (nSPS) is 11.8. The van der Waals surface area contributed by atoms with Crippen LogP contribution in [0, 0.1) is 0 Å². The van der Waals surface area contributed by atoms with E-state index in [4.69, 9.17) is 10.8 Å². The van der Waals surface area contributed by atoms with Crippen LogP contribution < -0.4 is 5.73 Å². The van der Waals surface area contributed by atoms with Gasteiger partial charge < -0.3 is 40.7 Å². The van der Waals surface area contributed by atoms with Crippen molar-refractivity contribution in [2.75, 3.05) is 0 Å². The van der Waals surface area contributed by atoms with Gasteiger partial charge in [-0.1, -0.05) is 0 Å². The summed E-state index contributed by atoms with van der Waals surface area (Å²) in [7, 11) is 0. The van der Waals surface area contributed by atoms with Gasteiger partial charge in [-0.25, -0.2) is 12.1 Å². The van der Waals surface area contributed by atoms with Crippen LogP contribution in [0.5, 0.6) is 0 Å². The molecule has 0 bridgehead atoms. The van der Waals surface area contributed by atoms with Gasteiger partial charge in [0.1, 0.15) is 6.04 Å². The Morgan fingerprint density at radius 1 is 1.33 bits per heavy atom. The van der Waals surface area contributed by atoms with E-state index in [1.165, 1.54) is 5.56 Å². The third-order valence-corrected chi connectivity index (χ3v) is 4.39. The molecule has 0 saturated heterocycles. The Kier molecular flexibility index (Phi) is 9.38. The molecule has 1 atom stereocenters.